The molecule has 1 saturated carbocycles. The van der Waals surface area contributed by atoms with Crippen LogP contribution in [0.4, 0.5) is 18.3 Å². The molecule has 1 atom stereocenters. The Morgan fingerprint density at radius 1 is 1.22 bits per heavy atom. The minimum absolute atomic E-state index is 0.0327. The highest BCUT2D eigenvalue weighted by molar-refractivity contribution is 7.13. The Bertz CT molecular complexity index is 837. The van der Waals surface area contributed by atoms with E-state index >= 15 is 0 Å². The fourth-order valence-corrected chi connectivity index (χ4v) is 3.29. The van der Waals surface area contributed by atoms with Gasteiger partial charge in [-0.3, -0.25) is 4.79 Å². The predicted octanol–water partition coefficient (Wildman–Crippen LogP) is 3.29. The second kappa shape index (κ2) is 7.18. The fraction of sp³-hybridized carbons (Fsp3) is 0.353. The summed E-state index contributed by atoms with van der Waals surface area (Å²) in [6.45, 7) is 0. The molecule has 144 valence electrons. The standard InChI is InChI=1S/C17H16F3N3O3S/c1-26-14(25)16(17(18,19)20,22-13(24)11-5-3-2-4-6-11)23-15-21-12(9-27-15)10-7-8-10/h2-6,9-10H,7-8H2,1H3,(H,21,23)(H,22,24)/t16-/m1/s1. The lowest BCUT2D eigenvalue weighted by molar-refractivity contribution is -0.203. The lowest BCUT2D eigenvalue weighted by atomic mass is 10.1. The highest BCUT2D eigenvalue weighted by Gasteiger charge is 2.64. The number of anilines is 1. The van der Waals surface area contributed by atoms with Gasteiger partial charge in [0.15, 0.2) is 5.13 Å². The first-order valence-electron chi connectivity index (χ1n) is 8.03. The van der Waals surface area contributed by atoms with Crippen LogP contribution in [0, 0.1) is 0 Å². The maximum Gasteiger partial charge on any atom is 0.442 e. The summed E-state index contributed by atoms with van der Waals surface area (Å²) >= 11 is 0.930. The van der Waals surface area contributed by atoms with E-state index in [4.69, 9.17) is 0 Å². The molecule has 1 aliphatic rings. The van der Waals surface area contributed by atoms with Gasteiger partial charge in [0.2, 0.25) is 0 Å². The second-order valence-electron chi connectivity index (χ2n) is 6.04. The van der Waals surface area contributed by atoms with Crippen molar-refractivity contribution in [2.45, 2.75) is 30.6 Å². The van der Waals surface area contributed by atoms with Crippen molar-refractivity contribution in [3.05, 3.63) is 47.0 Å². The first kappa shape index (κ1) is 19.2. The summed E-state index contributed by atoms with van der Waals surface area (Å²) in [6, 6.07) is 7.28. The maximum absolute atomic E-state index is 14.0. The Morgan fingerprint density at radius 3 is 2.44 bits per heavy atom. The number of nitrogens with zero attached hydrogens (tertiary/aromatic N) is 1. The van der Waals surface area contributed by atoms with Crippen molar-refractivity contribution in [2.24, 2.45) is 0 Å². The number of amides is 1. The summed E-state index contributed by atoms with van der Waals surface area (Å²) in [5.41, 5.74) is -2.83. The minimum Gasteiger partial charge on any atom is -0.466 e. The zero-order valence-electron chi connectivity index (χ0n) is 14.2. The van der Waals surface area contributed by atoms with Crippen molar-refractivity contribution in [1.82, 2.24) is 10.3 Å². The summed E-state index contributed by atoms with van der Waals surface area (Å²) < 4.78 is 46.2. The number of aromatic nitrogens is 1. The van der Waals surface area contributed by atoms with Crippen LogP contribution in [-0.4, -0.2) is 35.8 Å². The average Bonchev–Trinajstić information content (AvgIpc) is 3.39. The number of rotatable bonds is 6. The summed E-state index contributed by atoms with van der Waals surface area (Å²) in [7, 11) is 0.816. The van der Waals surface area contributed by atoms with Crippen molar-refractivity contribution in [1.29, 1.82) is 0 Å². The number of hydrogen-bond acceptors (Lipinski definition) is 6. The largest absolute Gasteiger partial charge is 0.466 e. The summed E-state index contributed by atoms with van der Waals surface area (Å²) in [6.07, 6.45) is -3.33. The number of hydrogen-bond donors (Lipinski definition) is 2. The van der Waals surface area contributed by atoms with Gasteiger partial charge in [-0.25, -0.2) is 9.78 Å². The zero-order chi connectivity index (χ0) is 19.7. The number of esters is 1. The number of thiazole rings is 1. The number of benzene rings is 1. The summed E-state index contributed by atoms with van der Waals surface area (Å²) in [5.74, 6) is -2.54. The van der Waals surface area contributed by atoms with E-state index in [2.05, 4.69) is 15.0 Å². The topological polar surface area (TPSA) is 80.3 Å². The summed E-state index contributed by atoms with van der Waals surface area (Å²) in [4.78, 5) is 28.6. The van der Waals surface area contributed by atoms with Gasteiger partial charge in [0.25, 0.3) is 5.91 Å². The van der Waals surface area contributed by atoms with Crippen LogP contribution in [-0.2, 0) is 9.53 Å². The number of carbonyl (C=O) groups is 2. The third kappa shape index (κ3) is 3.90. The molecular formula is C17H16F3N3O3S. The molecular weight excluding hydrogens is 383 g/mol. The molecule has 0 radical (unpaired) electrons. The molecule has 0 saturated heterocycles. The van der Waals surface area contributed by atoms with E-state index < -0.39 is 23.7 Å². The van der Waals surface area contributed by atoms with E-state index in [0.29, 0.717) is 5.69 Å². The predicted molar refractivity (Wildman–Crippen MR) is 92.4 cm³/mol. The lowest BCUT2D eigenvalue weighted by Gasteiger charge is -2.34. The van der Waals surface area contributed by atoms with Gasteiger partial charge in [0.1, 0.15) is 0 Å². The average molecular weight is 399 g/mol. The van der Waals surface area contributed by atoms with Gasteiger partial charge in [-0.05, 0) is 25.0 Å². The third-order valence-corrected chi connectivity index (χ3v) is 4.84. The molecule has 27 heavy (non-hydrogen) atoms. The number of nitrogens with one attached hydrogen (secondary N) is 2. The molecule has 1 amide bonds. The maximum atomic E-state index is 14.0. The molecule has 6 nitrogen and oxygen atoms in total. The molecule has 0 bridgehead atoms. The van der Waals surface area contributed by atoms with Crippen molar-refractivity contribution in [2.75, 3.05) is 12.4 Å². The van der Waals surface area contributed by atoms with Gasteiger partial charge in [-0.2, -0.15) is 13.2 Å². The molecule has 2 aromatic rings. The molecule has 0 spiro atoms. The smallest absolute Gasteiger partial charge is 0.442 e. The van der Waals surface area contributed by atoms with Gasteiger partial charge in [0, 0.05) is 16.9 Å². The molecule has 2 N–H and O–H groups in total. The molecule has 0 aliphatic heterocycles. The summed E-state index contributed by atoms with van der Waals surface area (Å²) in [5, 5.41) is 5.32. The highest BCUT2D eigenvalue weighted by atomic mass is 32.1. The Kier molecular flexibility index (Phi) is 5.09. The van der Waals surface area contributed by atoms with Gasteiger partial charge in [-0.15, -0.1) is 11.3 Å². The van der Waals surface area contributed by atoms with Crippen LogP contribution in [0.2, 0.25) is 0 Å². The van der Waals surface area contributed by atoms with Crippen LogP contribution in [0.15, 0.2) is 35.7 Å². The Balaban J connectivity index is 1.95. The van der Waals surface area contributed by atoms with Crippen LogP contribution >= 0.6 is 11.3 Å². The fourth-order valence-electron chi connectivity index (χ4n) is 2.45. The van der Waals surface area contributed by atoms with Crippen molar-refractivity contribution >= 4 is 28.3 Å². The zero-order valence-corrected chi connectivity index (χ0v) is 15.0. The molecule has 1 aromatic carbocycles. The van der Waals surface area contributed by atoms with Crippen molar-refractivity contribution in [3.8, 4) is 0 Å². The highest BCUT2D eigenvalue weighted by Crippen LogP contribution is 2.42. The molecule has 1 heterocycles. The number of methoxy groups -OCH3 is 1. The van der Waals surface area contributed by atoms with Gasteiger partial charge in [-0.1, -0.05) is 18.2 Å². The normalized spacial score (nSPS) is 16.3. The first-order chi connectivity index (χ1) is 12.8. The molecule has 10 heteroatoms. The third-order valence-electron chi connectivity index (χ3n) is 4.07. The van der Waals surface area contributed by atoms with Gasteiger partial charge < -0.3 is 15.4 Å². The molecule has 1 aliphatic carbocycles. The van der Waals surface area contributed by atoms with E-state index in [1.165, 1.54) is 24.3 Å². The van der Waals surface area contributed by atoms with Gasteiger partial charge in [0.05, 0.1) is 12.8 Å². The van der Waals surface area contributed by atoms with Crippen LogP contribution in [0.3, 0.4) is 0 Å². The van der Waals surface area contributed by atoms with Crippen LogP contribution in [0.1, 0.15) is 34.8 Å². The Morgan fingerprint density at radius 2 is 1.89 bits per heavy atom. The monoisotopic (exact) mass is 399 g/mol. The second-order valence-corrected chi connectivity index (χ2v) is 6.89. The number of ether oxygens (including phenoxy) is 1. The van der Waals surface area contributed by atoms with E-state index in [-0.39, 0.29) is 16.6 Å². The van der Waals surface area contributed by atoms with E-state index in [0.717, 1.165) is 31.3 Å². The molecule has 1 fully saturated rings. The number of carbonyl (C=O) groups excluding carboxylic acids is 2. The quantitative estimate of drug-likeness (QED) is 0.576. The van der Waals surface area contributed by atoms with Gasteiger partial charge >= 0.3 is 17.8 Å². The van der Waals surface area contributed by atoms with Crippen LogP contribution in [0.25, 0.3) is 0 Å². The Labute approximate surface area is 156 Å². The van der Waals surface area contributed by atoms with Crippen molar-refractivity contribution < 1.29 is 27.5 Å². The van der Waals surface area contributed by atoms with E-state index in [9.17, 15) is 22.8 Å². The molecule has 1 aromatic heterocycles. The number of halogens is 3. The molecule has 0 unspecified atom stereocenters. The molecule has 3 rings (SSSR count). The van der Waals surface area contributed by atoms with Crippen LogP contribution in [0.5, 0.6) is 0 Å². The first-order valence-corrected chi connectivity index (χ1v) is 8.91. The van der Waals surface area contributed by atoms with E-state index in [1.54, 1.807) is 16.8 Å². The van der Waals surface area contributed by atoms with Crippen LogP contribution < -0.4 is 10.6 Å². The minimum atomic E-state index is -5.18. The lowest BCUT2D eigenvalue weighted by Crippen LogP contribution is -2.69. The SMILES string of the molecule is COC(=O)[C@@](NC(=O)c1ccccc1)(Nc1nc(C2CC2)cs1)C(F)(F)F. The van der Waals surface area contributed by atoms with E-state index in [1.807, 2.05) is 0 Å². The number of alkyl halides is 3. The Hall–Kier alpha value is -2.62. The van der Waals surface area contributed by atoms with Crippen molar-refractivity contribution in [3.63, 3.8) is 0 Å².